The number of benzene rings is 1. The van der Waals surface area contributed by atoms with Crippen LogP contribution in [0, 0.1) is 5.41 Å². The van der Waals surface area contributed by atoms with E-state index >= 15 is 0 Å². The van der Waals surface area contributed by atoms with Crippen LogP contribution >= 0.6 is 0 Å². The number of aromatic nitrogens is 1. The predicted molar refractivity (Wildman–Crippen MR) is 99.0 cm³/mol. The molecule has 0 bridgehead atoms. The summed E-state index contributed by atoms with van der Waals surface area (Å²) in [5.74, 6) is 0.151. The maximum Gasteiger partial charge on any atom is 0.271 e. The van der Waals surface area contributed by atoms with Gasteiger partial charge in [0.05, 0.1) is 7.11 Å². The van der Waals surface area contributed by atoms with Gasteiger partial charge in [-0.05, 0) is 42.9 Å². The van der Waals surface area contributed by atoms with Gasteiger partial charge in [0, 0.05) is 17.4 Å². The number of H-pyrrole nitrogens is 1. The SMILES string of the molecule is COc1cccc2[nH]c(C(=O)N3CC4(CCCCC4)CC3C(N)=O)cc12. The van der Waals surface area contributed by atoms with E-state index < -0.39 is 11.9 Å². The van der Waals surface area contributed by atoms with Gasteiger partial charge in [0.25, 0.3) is 5.91 Å². The van der Waals surface area contributed by atoms with Crippen LogP contribution in [0.5, 0.6) is 5.75 Å². The Labute approximate surface area is 152 Å². The third kappa shape index (κ3) is 2.73. The molecule has 2 fully saturated rings. The Hall–Kier alpha value is -2.50. The largest absolute Gasteiger partial charge is 0.496 e. The van der Waals surface area contributed by atoms with Gasteiger partial charge in [-0.2, -0.15) is 0 Å². The van der Waals surface area contributed by atoms with Crippen molar-refractivity contribution in [3.05, 3.63) is 30.0 Å². The minimum absolute atomic E-state index is 0.0529. The number of nitrogens with zero attached hydrogens (tertiary/aromatic N) is 1. The molecule has 3 N–H and O–H groups in total. The molecule has 6 nitrogen and oxygen atoms in total. The summed E-state index contributed by atoms with van der Waals surface area (Å²) in [6, 6.07) is 6.94. The van der Waals surface area contributed by atoms with Crippen molar-refractivity contribution < 1.29 is 14.3 Å². The van der Waals surface area contributed by atoms with Crippen LogP contribution in [0.25, 0.3) is 10.9 Å². The van der Waals surface area contributed by atoms with Crippen LogP contribution in [0.15, 0.2) is 24.3 Å². The van der Waals surface area contributed by atoms with E-state index in [2.05, 4.69) is 4.98 Å². The van der Waals surface area contributed by atoms with E-state index in [0.29, 0.717) is 18.7 Å². The molecule has 1 spiro atoms. The molecule has 0 radical (unpaired) electrons. The summed E-state index contributed by atoms with van der Waals surface area (Å²) in [5, 5.41) is 0.862. The van der Waals surface area contributed by atoms with Gasteiger partial charge in [-0.1, -0.05) is 25.3 Å². The maximum atomic E-state index is 13.2. The Morgan fingerprint density at radius 3 is 2.73 bits per heavy atom. The number of primary amides is 1. The van der Waals surface area contributed by atoms with Crippen LogP contribution in [-0.2, 0) is 4.79 Å². The number of fused-ring (bicyclic) bond motifs is 1. The van der Waals surface area contributed by atoms with Crippen LogP contribution in [0.3, 0.4) is 0 Å². The van der Waals surface area contributed by atoms with Crippen molar-refractivity contribution in [2.45, 2.75) is 44.6 Å². The summed E-state index contributed by atoms with van der Waals surface area (Å²) < 4.78 is 5.38. The van der Waals surface area contributed by atoms with Gasteiger partial charge in [0.15, 0.2) is 0 Å². The third-order valence-electron chi connectivity index (χ3n) is 6.09. The van der Waals surface area contributed by atoms with Crippen molar-refractivity contribution in [1.29, 1.82) is 0 Å². The lowest BCUT2D eigenvalue weighted by Gasteiger charge is -2.32. The molecule has 26 heavy (non-hydrogen) atoms. The van der Waals surface area contributed by atoms with Crippen LogP contribution in [0.2, 0.25) is 0 Å². The summed E-state index contributed by atoms with van der Waals surface area (Å²) in [6.45, 7) is 0.617. The number of ether oxygens (including phenoxy) is 1. The number of carbonyl (C=O) groups excluding carboxylic acids is 2. The van der Waals surface area contributed by atoms with Gasteiger partial charge >= 0.3 is 0 Å². The van der Waals surface area contributed by atoms with E-state index in [1.807, 2.05) is 18.2 Å². The number of rotatable bonds is 3. The topological polar surface area (TPSA) is 88.4 Å². The predicted octanol–water partition coefficient (Wildman–Crippen LogP) is 2.83. The normalized spacial score (nSPS) is 22.0. The second kappa shape index (κ2) is 6.34. The standard InChI is InChI=1S/C20H25N3O3/c1-26-17-7-5-6-14-13(17)10-15(22-14)19(25)23-12-20(8-3-2-4-9-20)11-16(23)18(21)24/h5-7,10,16,22H,2-4,8-9,11-12H2,1H3,(H2,21,24). The van der Waals surface area contributed by atoms with Crippen LogP contribution in [-0.4, -0.2) is 41.4 Å². The molecular weight excluding hydrogens is 330 g/mol. The Balaban J connectivity index is 1.67. The molecule has 138 valence electrons. The Kier molecular flexibility index (Phi) is 4.13. The molecule has 2 aromatic rings. The highest BCUT2D eigenvalue weighted by atomic mass is 16.5. The number of hydrogen-bond donors (Lipinski definition) is 2. The molecule has 1 saturated carbocycles. The summed E-state index contributed by atoms with van der Waals surface area (Å²) in [7, 11) is 1.61. The Bertz CT molecular complexity index is 851. The highest BCUT2D eigenvalue weighted by molar-refractivity contribution is 6.01. The lowest BCUT2D eigenvalue weighted by molar-refractivity contribution is -0.121. The van der Waals surface area contributed by atoms with Crippen molar-refractivity contribution >= 4 is 22.7 Å². The van der Waals surface area contributed by atoms with Gasteiger partial charge in [-0.3, -0.25) is 9.59 Å². The zero-order valence-electron chi connectivity index (χ0n) is 15.1. The molecule has 1 aromatic carbocycles. The number of aromatic amines is 1. The maximum absolute atomic E-state index is 13.2. The molecule has 1 unspecified atom stereocenters. The fraction of sp³-hybridized carbons (Fsp3) is 0.500. The molecular formula is C20H25N3O3. The molecule has 1 atom stereocenters. The highest BCUT2D eigenvalue weighted by Gasteiger charge is 2.48. The molecule has 1 saturated heterocycles. The average molecular weight is 355 g/mol. The number of nitrogens with one attached hydrogen (secondary N) is 1. The summed E-state index contributed by atoms with van der Waals surface area (Å²) >= 11 is 0. The monoisotopic (exact) mass is 355 g/mol. The quantitative estimate of drug-likeness (QED) is 0.887. The van der Waals surface area contributed by atoms with E-state index in [0.717, 1.165) is 42.3 Å². The number of methoxy groups -OCH3 is 1. The lowest BCUT2D eigenvalue weighted by Crippen LogP contribution is -2.44. The molecule has 1 aliphatic heterocycles. The minimum atomic E-state index is -0.520. The van der Waals surface area contributed by atoms with Crippen molar-refractivity contribution in [2.24, 2.45) is 11.1 Å². The van der Waals surface area contributed by atoms with Crippen molar-refractivity contribution in [3.63, 3.8) is 0 Å². The number of amides is 2. The highest BCUT2D eigenvalue weighted by Crippen LogP contribution is 2.46. The van der Waals surface area contributed by atoms with Crippen LogP contribution < -0.4 is 10.5 Å². The first-order valence-electron chi connectivity index (χ1n) is 9.29. The molecule has 6 heteroatoms. The Morgan fingerprint density at radius 1 is 1.27 bits per heavy atom. The fourth-order valence-corrected chi connectivity index (χ4v) is 4.76. The van der Waals surface area contributed by atoms with Crippen molar-refractivity contribution in [3.8, 4) is 5.75 Å². The second-order valence-electron chi connectivity index (χ2n) is 7.72. The summed E-state index contributed by atoms with van der Waals surface area (Å²) in [4.78, 5) is 30.1. The minimum Gasteiger partial charge on any atom is -0.496 e. The molecule has 2 heterocycles. The molecule has 1 aromatic heterocycles. The van der Waals surface area contributed by atoms with Crippen molar-refractivity contribution in [2.75, 3.05) is 13.7 Å². The number of hydrogen-bond acceptors (Lipinski definition) is 3. The van der Waals surface area contributed by atoms with E-state index in [4.69, 9.17) is 10.5 Å². The van der Waals surface area contributed by atoms with Gasteiger partial charge < -0.3 is 20.4 Å². The zero-order valence-corrected chi connectivity index (χ0v) is 15.1. The third-order valence-corrected chi connectivity index (χ3v) is 6.09. The van der Waals surface area contributed by atoms with Crippen LogP contribution in [0.1, 0.15) is 49.0 Å². The number of carbonyl (C=O) groups is 2. The summed E-state index contributed by atoms with van der Waals surface area (Å²) in [6.07, 6.45) is 6.40. The molecule has 2 aliphatic rings. The molecule has 1 aliphatic carbocycles. The van der Waals surface area contributed by atoms with Gasteiger partial charge in [-0.15, -0.1) is 0 Å². The Morgan fingerprint density at radius 2 is 2.04 bits per heavy atom. The first-order valence-corrected chi connectivity index (χ1v) is 9.29. The van der Waals surface area contributed by atoms with E-state index in [9.17, 15) is 9.59 Å². The fourth-order valence-electron chi connectivity index (χ4n) is 4.76. The smallest absolute Gasteiger partial charge is 0.271 e. The number of nitrogens with two attached hydrogens (primary N) is 1. The van der Waals surface area contributed by atoms with E-state index in [1.165, 1.54) is 6.42 Å². The van der Waals surface area contributed by atoms with Crippen LogP contribution in [0.4, 0.5) is 0 Å². The van der Waals surface area contributed by atoms with Gasteiger partial charge in [0.2, 0.25) is 5.91 Å². The lowest BCUT2D eigenvalue weighted by atomic mass is 9.72. The van der Waals surface area contributed by atoms with E-state index in [1.54, 1.807) is 18.1 Å². The van der Waals surface area contributed by atoms with Gasteiger partial charge in [0.1, 0.15) is 17.5 Å². The average Bonchev–Trinajstić information content (AvgIpc) is 3.23. The second-order valence-corrected chi connectivity index (χ2v) is 7.72. The first kappa shape index (κ1) is 16.9. The first-order chi connectivity index (χ1) is 12.5. The van der Waals surface area contributed by atoms with E-state index in [-0.39, 0.29) is 11.3 Å². The number of likely N-dealkylation sites (tertiary alicyclic amines) is 1. The van der Waals surface area contributed by atoms with Gasteiger partial charge in [-0.25, -0.2) is 0 Å². The zero-order chi connectivity index (χ0) is 18.3. The molecule has 4 rings (SSSR count). The van der Waals surface area contributed by atoms with Crippen molar-refractivity contribution in [1.82, 2.24) is 9.88 Å². The molecule has 2 amide bonds. The summed E-state index contributed by atoms with van der Waals surface area (Å²) in [5.41, 5.74) is 7.02.